The van der Waals surface area contributed by atoms with Crippen LogP contribution in [0.4, 0.5) is 0 Å². The van der Waals surface area contributed by atoms with Gasteiger partial charge < -0.3 is 9.47 Å². The summed E-state index contributed by atoms with van der Waals surface area (Å²) in [5.41, 5.74) is 1.48. The Morgan fingerprint density at radius 2 is 1.55 bits per heavy atom. The fraction of sp³-hybridized carbons (Fsp3) is 0.391. The van der Waals surface area contributed by atoms with Crippen molar-refractivity contribution in [2.45, 2.75) is 44.9 Å². The predicted molar refractivity (Wildman–Crippen MR) is 111 cm³/mol. The molecule has 29 heavy (non-hydrogen) atoms. The van der Waals surface area contributed by atoms with Crippen LogP contribution in [0.15, 0.2) is 49.3 Å². The van der Waals surface area contributed by atoms with Gasteiger partial charge in [-0.3, -0.25) is 0 Å². The quantitative estimate of drug-likeness (QED) is 0.275. The third-order valence-electron chi connectivity index (χ3n) is 4.37. The van der Waals surface area contributed by atoms with Crippen LogP contribution in [0.5, 0.6) is 5.75 Å². The number of aromatic nitrogens is 2. The van der Waals surface area contributed by atoms with E-state index in [4.69, 9.17) is 14.7 Å². The zero-order valence-electron chi connectivity index (χ0n) is 16.7. The van der Waals surface area contributed by atoms with Crippen molar-refractivity contribution in [3.63, 3.8) is 0 Å². The number of hydrogen-bond donors (Lipinski definition) is 0. The second kappa shape index (κ2) is 13.1. The first kappa shape index (κ1) is 22.1. The summed E-state index contributed by atoms with van der Waals surface area (Å²) in [5, 5.41) is 8.84. The van der Waals surface area contributed by atoms with Gasteiger partial charge in [-0.15, -0.1) is 0 Å². The summed E-state index contributed by atoms with van der Waals surface area (Å²) < 4.78 is 10.6. The molecule has 6 heteroatoms. The summed E-state index contributed by atoms with van der Waals surface area (Å²) in [6.45, 7) is 4.49. The van der Waals surface area contributed by atoms with Crippen LogP contribution in [0.1, 0.15) is 50.5 Å². The van der Waals surface area contributed by atoms with Crippen molar-refractivity contribution >= 4 is 5.97 Å². The average Bonchev–Trinajstić information content (AvgIpc) is 2.77. The molecule has 0 saturated carbocycles. The van der Waals surface area contributed by atoms with E-state index in [1.54, 1.807) is 24.5 Å². The highest BCUT2D eigenvalue weighted by molar-refractivity contribution is 5.81. The van der Waals surface area contributed by atoms with Crippen LogP contribution in [0.3, 0.4) is 0 Å². The van der Waals surface area contributed by atoms with Gasteiger partial charge in [0.15, 0.2) is 11.6 Å². The van der Waals surface area contributed by atoms with E-state index in [1.807, 2.05) is 12.1 Å². The minimum Gasteiger partial charge on any atom is -0.490 e. The monoisotopic (exact) mass is 393 g/mol. The van der Waals surface area contributed by atoms with Gasteiger partial charge in [-0.05, 0) is 37.1 Å². The molecule has 152 valence electrons. The molecule has 0 spiro atoms. The van der Waals surface area contributed by atoms with Gasteiger partial charge in [0.1, 0.15) is 0 Å². The first-order chi connectivity index (χ1) is 14.2. The molecule has 0 atom stereocenters. The van der Waals surface area contributed by atoms with Gasteiger partial charge in [0, 0.05) is 11.6 Å². The average molecular weight is 393 g/mol. The van der Waals surface area contributed by atoms with Gasteiger partial charge >= 0.3 is 5.97 Å². The number of hydrogen-bond acceptors (Lipinski definition) is 6. The van der Waals surface area contributed by atoms with Crippen LogP contribution in [-0.4, -0.2) is 29.2 Å². The molecule has 0 aliphatic carbocycles. The van der Waals surface area contributed by atoms with Crippen molar-refractivity contribution in [1.29, 1.82) is 5.26 Å². The molecule has 0 aliphatic rings. The second-order valence-corrected chi connectivity index (χ2v) is 6.63. The van der Waals surface area contributed by atoms with Gasteiger partial charge in [0.05, 0.1) is 37.2 Å². The Hall–Kier alpha value is -3.20. The van der Waals surface area contributed by atoms with E-state index in [0.29, 0.717) is 30.4 Å². The van der Waals surface area contributed by atoms with E-state index in [-0.39, 0.29) is 5.97 Å². The van der Waals surface area contributed by atoms with E-state index in [9.17, 15) is 4.79 Å². The normalized spacial score (nSPS) is 10.2. The van der Waals surface area contributed by atoms with E-state index < -0.39 is 0 Å². The Kier molecular flexibility index (Phi) is 9.95. The number of benzene rings is 1. The topological polar surface area (TPSA) is 85.1 Å². The lowest BCUT2D eigenvalue weighted by atomic mass is 10.1. The fourth-order valence-corrected chi connectivity index (χ4v) is 2.74. The molecule has 0 N–H and O–H groups in total. The van der Waals surface area contributed by atoms with Crippen LogP contribution in [0, 0.1) is 11.3 Å². The molecule has 0 saturated heterocycles. The molecule has 0 amide bonds. The highest BCUT2D eigenvalue weighted by atomic mass is 16.5. The van der Waals surface area contributed by atoms with E-state index in [1.165, 1.54) is 18.9 Å². The van der Waals surface area contributed by atoms with Crippen LogP contribution in [0.25, 0.3) is 11.4 Å². The molecule has 0 radical (unpaired) electrons. The van der Waals surface area contributed by atoms with Crippen molar-refractivity contribution in [2.75, 3.05) is 13.2 Å². The third kappa shape index (κ3) is 8.56. The maximum absolute atomic E-state index is 10.9. The van der Waals surface area contributed by atoms with Gasteiger partial charge in [-0.1, -0.05) is 38.7 Å². The Bertz CT molecular complexity index is 796. The number of carbonyl (C=O) groups excluding carboxylic acids is 1. The van der Waals surface area contributed by atoms with Crippen LogP contribution in [0.2, 0.25) is 0 Å². The standard InChI is InChI=1S/C23H27N3O3/c1-2-22(27)29-15-9-7-5-3-4-6-8-14-28-21-17-25-23(26-18-21)20-12-10-19(16-24)11-13-20/h2,10-13,17-18H,1,3-9,14-15H2. The molecule has 6 nitrogen and oxygen atoms in total. The van der Waals surface area contributed by atoms with E-state index in [2.05, 4.69) is 22.6 Å². The molecule has 2 aromatic rings. The van der Waals surface area contributed by atoms with Crippen LogP contribution in [-0.2, 0) is 9.53 Å². The molecule has 1 heterocycles. The zero-order chi connectivity index (χ0) is 20.7. The molecular formula is C23H27N3O3. The SMILES string of the molecule is C=CC(=O)OCCCCCCCCCOc1cnc(-c2ccc(C#N)cc2)nc1. The first-order valence-electron chi connectivity index (χ1n) is 9.97. The number of nitrogens with zero attached hydrogens (tertiary/aromatic N) is 3. The number of rotatable bonds is 13. The van der Waals surface area contributed by atoms with Crippen LogP contribution >= 0.6 is 0 Å². The highest BCUT2D eigenvalue weighted by Crippen LogP contribution is 2.17. The van der Waals surface area contributed by atoms with Crippen molar-refractivity contribution in [3.8, 4) is 23.2 Å². The Morgan fingerprint density at radius 1 is 0.966 bits per heavy atom. The summed E-state index contributed by atoms with van der Waals surface area (Å²) in [4.78, 5) is 19.5. The molecule has 0 bridgehead atoms. The zero-order valence-corrected chi connectivity index (χ0v) is 16.7. The molecule has 2 rings (SSSR count). The minimum atomic E-state index is -0.348. The maximum atomic E-state index is 10.9. The lowest BCUT2D eigenvalue weighted by Gasteiger charge is -2.06. The smallest absolute Gasteiger partial charge is 0.330 e. The lowest BCUT2D eigenvalue weighted by Crippen LogP contribution is -2.01. The number of unbranched alkanes of at least 4 members (excludes halogenated alkanes) is 6. The van der Waals surface area contributed by atoms with E-state index >= 15 is 0 Å². The summed E-state index contributed by atoms with van der Waals surface area (Å²) >= 11 is 0. The third-order valence-corrected chi connectivity index (χ3v) is 4.37. The number of esters is 1. The van der Waals surface area contributed by atoms with Crippen LogP contribution < -0.4 is 4.74 Å². The summed E-state index contributed by atoms with van der Waals surface area (Å²) in [7, 11) is 0. The molecule has 0 aliphatic heterocycles. The molecule has 1 aromatic heterocycles. The summed E-state index contributed by atoms with van der Waals surface area (Å²) in [6.07, 6.45) is 12.1. The fourth-order valence-electron chi connectivity index (χ4n) is 2.74. The summed E-state index contributed by atoms with van der Waals surface area (Å²) in [6, 6.07) is 9.27. The maximum Gasteiger partial charge on any atom is 0.330 e. The second-order valence-electron chi connectivity index (χ2n) is 6.63. The van der Waals surface area contributed by atoms with Gasteiger partial charge in [0.25, 0.3) is 0 Å². The lowest BCUT2D eigenvalue weighted by molar-refractivity contribution is -0.137. The van der Waals surface area contributed by atoms with Gasteiger partial charge in [0.2, 0.25) is 0 Å². The van der Waals surface area contributed by atoms with Gasteiger partial charge in [-0.2, -0.15) is 5.26 Å². The Balaban J connectivity index is 1.53. The van der Waals surface area contributed by atoms with Crippen molar-refractivity contribution in [1.82, 2.24) is 9.97 Å². The molecule has 0 fully saturated rings. The Morgan fingerprint density at radius 3 is 2.14 bits per heavy atom. The largest absolute Gasteiger partial charge is 0.490 e. The summed E-state index contributed by atoms with van der Waals surface area (Å²) in [5.74, 6) is 0.928. The Labute approximate surface area is 172 Å². The van der Waals surface area contributed by atoms with E-state index in [0.717, 1.165) is 37.7 Å². The number of carbonyl (C=O) groups is 1. The van der Waals surface area contributed by atoms with Crippen molar-refractivity contribution in [3.05, 3.63) is 54.9 Å². The molecule has 1 aromatic carbocycles. The van der Waals surface area contributed by atoms with Gasteiger partial charge in [-0.25, -0.2) is 14.8 Å². The van der Waals surface area contributed by atoms with Crippen molar-refractivity contribution in [2.24, 2.45) is 0 Å². The number of ether oxygens (including phenoxy) is 2. The highest BCUT2D eigenvalue weighted by Gasteiger charge is 2.03. The molecular weight excluding hydrogens is 366 g/mol. The predicted octanol–water partition coefficient (Wildman–Crippen LogP) is 4.85. The molecule has 0 unspecified atom stereocenters. The minimum absolute atomic E-state index is 0.348. The first-order valence-corrected chi connectivity index (χ1v) is 9.97. The van der Waals surface area contributed by atoms with Crippen molar-refractivity contribution < 1.29 is 14.3 Å². The number of nitriles is 1.